The minimum absolute atomic E-state index is 0.264. The van der Waals surface area contributed by atoms with Crippen molar-refractivity contribution in [3.63, 3.8) is 0 Å². The molecule has 0 spiro atoms. The molecular weight excluding hydrogens is 402 g/mol. The van der Waals surface area contributed by atoms with Gasteiger partial charge in [-0.2, -0.15) is 5.10 Å². The Kier molecular flexibility index (Phi) is 6.76. The van der Waals surface area contributed by atoms with Gasteiger partial charge in [-0.05, 0) is 30.3 Å². The van der Waals surface area contributed by atoms with Gasteiger partial charge in [0.1, 0.15) is 12.3 Å². The number of aromatic nitrogens is 2. The molecule has 9 heteroatoms. The number of nitrogens with one attached hydrogen (secondary N) is 1. The molecule has 9 nitrogen and oxygen atoms in total. The maximum Gasteiger partial charge on any atom is 0.267 e. The lowest BCUT2D eigenvalue weighted by molar-refractivity contribution is -0.117. The van der Waals surface area contributed by atoms with E-state index in [-0.39, 0.29) is 6.54 Å². The van der Waals surface area contributed by atoms with Crippen LogP contribution in [0.3, 0.4) is 0 Å². The topological polar surface area (TPSA) is 101 Å². The lowest BCUT2D eigenvalue weighted by Gasteiger charge is -2.15. The molecule has 0 aliphatic rings. The van der Waals surface area contributed by atoms with Crippen molar-refractivity contribution < 1.29 is 23.7 Å². The van der Waals surface area contributed by atoms with Gasteiger partial charge in [0, 0.05) is 29.4 Å². The largest absolute Gasteiger partial charge is 0.497 e. The number of nitrogens with zero attached hydrogens (tertiary/aromatic N) is 2. The Balaban J connectivity index is 1.81. The number of hydrogen-bond donors (Lipinski definition) is 1. The number of benzene rings is 2. The molecule has 2 aromatic carbocycles. The zero-order valence-electron chi connectivity index (χ0n) is 17.7. The van der Waals surface area contributed by atoms with E-state index < -0.39 is 11.5 Å². The Bertz CT molecular complexity index is 1100. The molecule has 0 atom stereocenters. The van der Waals surface area contributed by atoms with Gasteiger partial charge in [0.05, 0.1) is 34.1 Å². The van der Waals surface area contributed by atoms with E-state index >= 15 is 0 Å². The molecule has 31 heavy (non-hydrogen) atoms. The summed E-state index contributed by atoms with van der Waals surface area (Å²) in [5, 5.41) is 7.03. The number of hydrogen-bond acceptors (Lipinski definition) is 7. The highest BCUT2D eigenvalue weighted by Gasteiger charge is 2.15. The summed E-state index contributed by atoms with van der Waals surface area (Å²) < 4.78 is 22.1. The maximum atomic E-state index is 12.6. The molecular formula is C22H23N3O6. The fourth-order valence-electron chi connectivity index (χ4n) is 2.97. The lowest BCUT2D eigenvalue weighted by atomic mass is 10.1. The average Bonchev–Trinajstić information content (AvgIpc) is 2.79. The Labute approximate surface area is 179 Å². The predicted octanol–water partition coefficient (Wildman–Crippen LogP) is 2.58. The Morgan fingerprint density at radius 2 is 1.55 bits per heavy atom. The van der Waals surface area contributed by atoms with Crippen LogP contribution in [0, 0.1) is 0 Å². The van der Waals surface area contributed by atoms with Crippen LogP contribution in [0.25, 0.3) is 11.3 Å². The first-order chi connectivity index (χ1) is 15.0. The van der Waals surface area contributed by atoms with Crippen LogP contribution in [0.2, 0.25) is 0 Å². The van der Waals surface area contributed by atoms with E-state index in [0.29, 0.717) is 34.4 Å². The first-order valence-corrected chi connectivity index (χ1v) is 9.31. The smallest absolute Gasteiger partial charge is 0.267 e. The maximum absolute atomic E-state index is 12.6. The van der Waals surface area contributed by atoms with Gasteiger partial charge >= 0.3 is 0 Å². The van der Waals surface area contributed by atoms with Crippen molar-refractivity contribution in [1.29, 1.82) is 0 Å². The van der Waals surface area contributed by atoms with E-state index in [1.165, 1.54) is 27.4 Å². The molecule has 0 radical (unpaired) electrons. The molecule has 0 unspecified atom stereocenters. The predicted molar refractivity (Wildman–Crippen MR) is 115 cm³/mol. The molecule has 1 N–H and O–H groups in total. The Morgan fingerprint density at radius 1 is 0.903 bits per heavy atom. The Hall–Kier alpha value is -4.01. The minimum atomic E-state index is -0.434. The molecule has 0 saturated carbocycles. The second-order valence-electron chi connectivity index (χ2n) is 6.41. The molecule has 3 aromatic rings. The third kappa shape index (κ3) is 4.95. The normalized spacial score (nSPS) is 10.3. The molecule has 0 aliphatic carbocycles. The van der Waals surface area contributed by atoms with Crippen LogP contribution in [0.15, 0.2) is 53.3 Å². The van der Waals surface area contributed by atoms with Crippen LogP contribution in [0.1, 0.15) is 0 Å². The van der Waals surface area contributed by atoms with Crippen molar-refractivity contribution in [3.05, 3.63) is 58.9 Å². The quantitative estimate of drug-likeness (QED) is 0.592. The summed E-state index contributed by atoms with van der Waals surface area (Å²) in [5.74, 6) is 1.48. The van der Waals surface area contributed by atoms with Gasteiger partial charge in [-0.15, -0.1) is 0 Å². The molecule has 0 bridgehead atoms. The van der Waals surface area contributed by atoms with Crippen molar-refractivity contribution in [2.75, 3.05) is 33.8 Å². The molecule has 1 heterocycles. The zero-order chi connectivity index (χ0) is 22.4. The molecule has 1 amide bonds. The fraction of sp³-hybridized carbons (Fsp3) is 0.227. The minimum Gasteiger partial charge on any atom is -0.497 e. The summed E-state index contributed by atoms with van der Waals surface area (Å²) in [7, 11) is 6.04. The van der Waals surface area contributed by atoms with E-state index in [1.807, 2.05) is 12.1 Å². The number of carbonyl (C=O) groups is 1. The number of ether oxygens (including phenoxy) is 4. The molecule has 0 fully saturated rings. The second kappa shape index (κ2) is 9.66. The van der Waals surface area contributed by atoms with Crippen molar-refractivity contribution in [2.45, 2.75) is 6.54 Å². The van der Waals surface area contributed by atoms with Crippen LogP contribution in [0.5, 0.6) is 23.0 Å². The van der Waals surface area contributed by atoms with E-state index in [4.69, 9.17) is 18.9 Å². The zero-order valence-corrected chi connectivity index (χ0v) is 17.7. The van der Waals surface area contributed by atoms with Crippen molar-refractivity contribution in [3.8, 4) is 34.3 Å². The highest BCUT2D eigenvalue weighted by Crippen LogP contribution is 2.39. The number of amides is 1. The van der Waals surface area contributed by atoms with Gasteiger partial charge in [-0.1, -0.05) is 0 Å². The monoisotopic (exact) mass is 425 g/mol. The third-order valence-electron chi connectivity index (χ3n) is 4.49. The molecule has 0 aliphatic heterocycles. The highest BCUT2D eigenvalue weighted by atomic mass is 16.5. The summed E-state index contributed by atoms with van der Waals surface area (Å²) in [6.45, 7) is -0.264. The number of anilines is 1. The molecule has 3 rings (SSSR count). The van der Waals surface area contributed by atoms with Gasteiger partial charge < -0.3 is 24.3 Å². The average molecular weight is 425 g/mol. The SMILES string of the molecule is COc1ccc(-c2ccc(=O)n(CC(=O)Nc3cc(OC)c(OC)c(OC)c3)n2)cc1. The number of carbonyl (C=O) groups excluding carboxylic acids is 1. The molecule has 0 saturated heterocycles. The van der Waals surface area contributed by atoms with Crippen LogP contribution in [-0.4, -0.2) is 44.1 Å². The molecule has 1 aromatic heterocycles. The van der Waals surface area contributed by atoms with Gasteiger partial charge in [0.15, 0.2) is 11.5 Å². The van der Waals surface area contributed by atoms with Crippen molar-refractivity contribution in [1.82, 2.24) is 9.78 Å². The first kappa shape index (κ1) is 21.7. The molecule has 162 valence electrons. The van der Waals surface area contributed by atoms with Gasteiger partial charge in [-0.25, -0.2) is 4.68 Å². The number of rotatable bonds is 8. The van der Waals surface area contributed by atoms with Gasteiger partial charge in [-0.3, -0.25) is 9.59 Å². The summed E-state index contributed by atoms with van der Waals surface area (Å²) in [4.78, 5) is 24.8. The van der Waals surface area contributed by atoms with Crippen LogP contribution in [-0.2, 0) is 11.3 Å². The van der Waals surface area contributed by atoms with Crippen molar-refractivity contribution in [2.24, 2.45) is 0 Å². The van der Waals surface area contributed by atoms with E-state index in [1.54, 1.807) is 37.4 Å². The summed E-state index contributed by atoms with van der Waals surface area (Å²) >= 11 is 0. The summed E-state index contributed by atoms with van der Waals surface area (Å²) in [5.41, 5.74) is 1.39. The first-order valence-electron chi connectivity index (χ1n) is 9.31. The van der Waals surface area contributed by atoms with Crippen LogP contribution >= 0.6 is 0 Å². The summed E-state index contributed by atoms with van der Waals surface area (Å²) in [6.07, 6.45) is 0. The third-order valence-corrected chi connectivity index (χ3v) is 4.49. The Morgan fingerprint density at radius 3 is 2.10 bits per heavy atom. The van der Waals surface area contributed by atoms with E-state index in [9.17, 15) is 9.59 Å². The lowest BCUT2D eigenvalue weighted by Crippen LogP contribution is -2.29. The standard InChI is InChI=1S/C22H23N3O6/c1-28-16-7-5-14(6-8-16)17-9-10-21(27)25(24-17)13-20(26)23-15-11-18(29-2)22(31-4)19(12-15)30-3/h5-12H,13H2,1-4H3,(H,23,26). The van der Waals surface area contributed by atoms with E-state index in [2.05, 4.69) is 10.4 Å². The van der Waals surface area contributed by atoms with E-state index in [0.717, 1.165) is 10.2 Å². The summed E-state index contributed by atoms with van der Waals surface area (Å²) in [6, 6.07) is 13.4. The van der Waals surface area contributed by atoms with Crippen molar-refractivity contribution >= 4 is 11.6 Å². The van der Waals surface area contributed by atoms with Crippen LogP contribution < -0.4 is 29.8 Å². The number of methoxy groups -OCH3 is 4. The van der Waals surface area contributed by atoms with Crippen LogP contribution in [0.4, 0.5) is 5.69 Å². The second-order valence-corrected chi connectivity index (χ2v) is 6.41. The van der Waals surface area contributed by atoms with Gasteiger partial charge in [0.2, 0.25) is 11.7 Å². The fourth-order valence-corrected chi connectivity index (χ4v) is 2.97. The highest BCUT2D eigenvalue weighted by molar-refractivity contribution is 5.91. The van der Waals surface area contributed by atoms with Gasteiger partial charge in [0.25, 0.3) is 5.56 Å².